The van der Waals surface area contributed by atoms with Crippen LogP contribution in [0.1, 0.15) is 32.1 Å². The van der Waals surface area contributed by atoms with Crippen molar-refractivity contribution in [1.82, 2.24) is 5.32 Å². The van der Waals surface area contributed by atoms with Crippen molar-refractivity contribution >= 4 is 5.91 Å². The molecule has 15 heavy (non-hydrogen) atoms. The van der Waals surface area contributed by atoms with E-state index < -0.39 is 19.1 Å². The second-order valence-corrected chi connectivity index (χ2v) is 4.15. The van der Waals surface area contributed by atoms with Crippen LogP contribution in [0, 0.1) is 5.92 Å². The summed E-state index contributed by atoms with van der Waals surface area (Å²) in [4.78, 5) is 11.2. The highest BCUT2D eigenvalue weighted by atomic mass is 19.3. The lowest BCUT2D eigenvalue weighted by molar-refractivity contribution is -0.124. The van der Waals surface area contributed by atoms with E-state index in [4.69, 9.17) is 5.11 Å². The first kappa shape index (κ1) is 12.4. The second-order valence-electron chi connectivity index (χ2n) is 4.15. The largest absolute Gasteiger partial charge is 0.390 e. The first-order chi connectivity index (χ1) is 7.03. The van der Waals surface area contributed by atoms with Crippen molar-refractivity contribution in [2.45, 2.75) is 38.0 Å². The van der Waals surface area contributed by atoms with E-state index in [1.165, 1.54) is 0 Å². The molecular weight excluding hydrogens is 204 g/mol. The number of aliphatic hydroxyl groups is 1. The highest BCUT2D eigenvalue weighted by Crippen LogP contribution is 2.27. The Morgan fingerprint density at radius 2 is 2.00 bits per heavy atom. The zero-order chi connectivity index (χ0) is 11.3. The Morgan fingerprint density at radius 1 is 1.40 bits per heavy atom. The first-order valence-electron chi connectivity index (χ1n) is 5.29. The van der Waals surface area contributed by atoms with Crippen molar-refractivity contribution in [2.75, 3.05) is 13.2 Å². The topological polar surface area (TPSA) is 49.3 Å². The molecule has 0 unspecified atom stereocenters. The maximum absolute atomic E-state index is 12.6. The van der Waals surface area contributed by atoms with Crippen LogP contribution >= 0.6 is 0 Å². The summed E-state index contributed by atoms with van der Waals surface area (Å²) in [5.41, 5.74) is 0. The minimum atomic E-state index is -3.20. The molecule has 0 heterocycles. The summed E-state index contributed by atoms with van der Waals surface area (Å²) in [6, 6.07) is 0. The molecular formula is C10H17F2NO2. The van der Waals surface area contributed by atoms with Gasteiger partial charge >= 0.3 is 0 Å². The second kappa shape index (κ2) is 5.39. The van der Waals surface area contributed by atoms with Gasteiger partial charge in [-0.3, -0.25) is 4.79 Å². The Morgan fingerprint density at radius 3 is 2.53 bits per heavy atom. The monoisotopic (exact) mass is 221 g/mol. The standard InChI is InChI=1S/C10H17F2NO2/c11-10(12,7-14)6-13-9(15)5-8-3-1-2-4-8/h8,14H,1-7H2,(H,13,15). The van der Waals surface area contributed by atoms with Gasteiger partial charge in [-0.15, -0.1) is 0 Å². The summed E-state index contributed by atoms with van der Waals surface area (Å²) in [5, 5.41) is 10.4. The molecule has 1 rings (SSSR count). The van der Waals surface area contributed by atoms with Crippen LogP contribution in [0.4, 0.5) is 8.78 Å². The Bertz CT molecular complexity index is 215. The fraction of sp³-hybridized carbons (Fsp3) is 0.900. The molecule has 1 saturated carbocycles. The van der Waals surface area contributed by atoms with Crippen LogP contribution in [0.15, 0.2) is 0 Å². The molecule has 1 aliphatic rings. The van der Waals surface area contributed by atoms with Crippen molar-refractivity contribution < 1.29 is 18.7 Å². The van der Waals surface area contributed by atoms with Crippen LogP contribution in [0.25, 0.3) is 0 Å². The highest BCUT2D eigenvalue weighted by Gasteiger charge is 2.28. The number of nitrogens with one attached hydrogen (secondary N) is 1. The number of carbonyl (C=O) groups is 1. The molecule has 3 nitrogen and oxygen atoms in total. The van der Waals surface area contributed by atoms with E-state index in [9.17, 15) is 13.6 Å². The van der Waals surface area contributed by atoms with Gasteiger partial charge < -0.3 is 10.4 Å². The van der Waals surface area contributed by atoms with Gasteiger partial charge in [-0.2, -0.15) is 0 Å². The fourth-order valence-corrected chi connectivity index (χ4v) is 1.83. The number of hydrogen-bond donors (Lipinski definition) is 2. The smallest absolute Gasteiger partial charge is 0.287 e. The summed E-state index contributed by atoms with van der Waals surface area (Å²) >= 11 is 0. The third-order valence-corrected chi connectivity index (χ3v) is 2.72. The summed E-state index contributed by atoms with van der Waals surface area (Å²) in [6.45, 7) is -1.99. The molecule has 5 heteroatoms. The summed E-state index contributed by atoms with van der Waals surface area (Å²) in [6.07, 6.45) is 4.63. The van der Waals surface area contributed by atoms with Crippen molar-refractivity contribution in [3.05, 3.63) is 0 Å². The average Bonchev–Trinajstić information content (AvgIpc) is 2.68. The molecule has 0 bridgehead atoms. The zero-order valence-corrected chi connectivity index (χ0v) is 8.64. The third-order valence-electron chi connectivity index (χ3n) is 2.72. The highest BCUT2D eigenvalue weighted by molar-refractivity contribution is 5.76. The number of aliphatic hydroxyl groups excluding tert-OH is 1. The lowest BCUT2D eigenvalue weighted by Gasteiger charge is -2.15. The van der Waals surface area contributed by atoms with Gasteiger partial charge in [0, 0.05) is 6.42 Å². The van der Waals surface area contributed by atoms with Crippen LogP contribution in [0.3, 0.4) is 0 Å². The molecule has 0 aromatic carbocycles. The van der Waals surface area contributed by atoms with Crippen LogP contribution in [0.2, 0.25) is 0 Å². The Kier molecular flexibility index (Phi) is 4.45. The van der Waals surface area contributed by atoms with Gasteiger partial charge in [0.25, 0.3) is 5.92 Å². The molecule has 1 fully saturated rings. The Labute approximate surface area is 87.9 Å². The van der Waals surface area contributed by atoms with E-state index in [2.05, 4.69) is 5.32 Å². The summed E-state index contributed by atoms with van der Waals surface area (Å²) < 4.78 is 25.1. The normalized spacial score (nSPS) is 18.1. The Hall–Kier alpha value is -0.710. The minimum absolute atomic E-state index is 0.335. The van der Waals surface area contributed by atoms with Crippen molar-refractivity contribution in [1.29, 1.82) is 0 Å². The van der Waals surface area contributed by atoms with Crippen molar-refractivity contribution in [2.24, 2.45) is 5.92 Å². The molecule has 0 aromatic heterocycles. The maximum atomic E-state index is 12.6. The predicted molar refractivity (Wildman–Crippen MR) is 51.6 cm³/mol. The lowest BCUT2D eigenvalue weighted by Crippen LogP contribution is -2.39. The number of rotatable bonds is 5. The SMILES string of the molecule is O=C(CC1CCCC1)NCC(F)(F)CO. The third kappa shape index (κ3) is 4.55. The number of halogens is 2. The van der Waals surface area contributed by atoms with Crippen LogP contribution in [-0.4, -0.2) is 30.1 Å². The van der Waals surface area contributed by atoms with Crippen LogP contribution in [-0.2, 0) is 4.79 Å². The molecule has 0 spiro atoms. The van der Waals surface area contributed by atoms with Gasteiger partial charge in [-0.1, -0.05) is 12.8 Å². The van der Waals surface area contributed by atoms with Crippen LogP contribution in [0.5, 0.6) is 0 Å². The molecule has 1 aliphatic carbocycles. The number of alkyl halides is 2. The lowest BCUT2D eigenvalue weighted by atomic mass is 10.0. The minimum Gasteiger partial charge on any atom is -0.390 e. The molecule has 0 saturated heterocycles. The van der Waals surface area contributed by atoms with Crippen molar-refractivity contribution in [3.8, 4) is 0 Å². The van der Waals surface area contributed by atoms with E-state index >= 15 is 0 Å². The molecule has 0 radical (unpaired) electrons. The van der Waals surface area contributed by atoms with Crippen LogP contribution < -0.4 is 5.32 Å². The average molecular weight is 221 g/mol. The quantitative estimate of drug-likeness (QED) is 0.735. The maximum Gasteiger partial charge on any atom is 0.287 e. The van der Waals surface area contributed by atoms with E-state index in [0.29, 0.717) is 12.3 Å². The molecule has 2 N–H and O–H groups in total. The van der Waals surface area contributed by atoms with E-state index in [-0.39, 0.29) is 5.91 Å². The molecule has 1 amide bonds. The van der Waals surface area contributed by atoms with Gasteiger partial charge in [0.2, 0.25) is 5.91 Å². The van der Waals surface area contributed by atoms with Gasteiger partial charge in [-0.25, -0.2) is 8.78 Å². The summed E-state index contributed by atoms with van der Waals surface area (Å²) in [5.74, 6) is -3.19. The first-order valence-corrected chi connectivity index (χ1v) is 5.29. The summed E-state index contributed by atoms with van der Waals surface area (Å²) in [7, 11) is 0. The molecule has 88 valence electrons. The van der Waals surface area contributed by atoms with Gasteiger partial charge in [0.15, 0.2) is 0 Å². The van der Waals surface area contributed by atoms with E-state index in [0.717, 1.165) is 25.7 Å². The van der Waals surface area contributed by atoms with Crippen molar-refractivity contribution in [3.63, 3.8) is 0 Å². The number of carbonyl (C=O) groups excluding carboxylic acids is 1. The Balaban J connectivity index is 2.18. The van der Waals surface area contributed by atoms with E-state index in [1.54, 1.807) is 0 Å². The molecule has 0 aromatic rings. The fourth-order valence-electron chi connectivity index (χ4n) is 1.83. The van der Waals surface area contributed by atoms with Gasteiger partial charge in [0.1, 0.15) is 6.61 Å². The zero-order valence-electron chi connectivity index (χ0n) is 8.64. The molecule has 0 aliphatic heterocycles. The van der Waals surface area contributed by atoms with Gasteiger partial charge in [-0.05, 0) is 18.8 Å². The predicted octanol–water partition coefficient (Wildman–Crippen LogP) is 1.31. The van der Waals surface area contributed by atoms with E-state index in [1.807, 2.05) is 0 Å². The number of hydrogen-bond acceptors (Lipinski definition) is 2. The number of amides is 1. The van der Waals surface area contributed by atoms with Gasteiger partial charge in [0.05, 0.1) is 6.54 Å². The molecule has 0 atom stereocenters.